The van der Waals surface area contributed by atoms with Crippen molar-refractivity contribution < 1.29 is 24.2 Å². The topological polar surface area (TPSA) is 88.1 Å². The molecule has 32 heavy (non-hydrogen) atoms. The van der Waals surface area contributed by atoms with E-state index in [1.165, 1.54) is 16.0 Å². The molecule has 0 saturated carbocycles. The maximum Gasteiger partial charge on any atom is 0.410 e. The van der Waals surface area contributed by atoms with Crippen LogP contribution in [0.15, 0.2) is 48.5 Å². The summed E-state index contributed by atoms with van der Waals surface area (Å²) in [7, 11) is 0. The normalized spacial score (nSPS) is 20.3. The summed E-state index contributed by atoms with van der Waals surface area (Å²) in [6.07, 6.45) is -1.50. The van der Waals surface area contributed by atoms with E-state index < -0.39 is 29.9 Å². The molecule has 0 radical (unpaired) electrons. The number of benzene rings is 2. The highest BCUT2D eigenvalue weighted by Crippen LogP contribution is 2.44. The molecule has 1 heterocycles. The number of alkyl carbamates (subject to hydrolysis) is 1. The lowest BCUT2D eigenvalue weighted by Gasteiger charge is -2.36. The Hall–Kier alpha value is -3.06. The number of ether oxygens (including phenoxy) is 2. The van der Waals surface area contributed by atoms with Gasteiger partial charge in [-0.2, -0.15) is 0 Å². The summed E-state index contributed by atoms with van der Waals surface area (Å²) in [6, 6.07) is 15.8. The first-order valence-electron chi connectivity index (χ1n) is 11.0. The van der Waals surface area contributed by atoms with Crippen molar-refractivity contribution in [3.8, 4) is 11.1 Å². The van der Waals surface area contributed by atoms with Gasteiger partial charge in [-0.1, -0.05) is 48.5 Å². The summed E-state index contributed by atoms with van der Waals surface area (Å²) < 4.78 is 10.9. The second-order valence-electron chi connectivity index (χ2n) is 9.36. The third-order valence-electron chi connectivity index (χ3n) is 5.88. The minimum atomic E-state index is -0.892. The van der Waals surface area contributed by atoms with Crippen LogP contribution in [0.25, 0.3) is 11.1 Å². The first kappa shape index (κ1) is 22.1. The van der Waals surface area contributed by atoms with Gasteiger partial charge in [0.2, 0.25) is 0 Å². The van der Waals surface area contributed by atoms with E-state index in [-0.39, 0.29) is 19.1 Å². The number of likely N-dealkylation sites (tertiary alicyclic amines) is 1. The van der Waals surface area contributed by atoms with Crippen LogP contribution in [-0.4, -0.2) is 59.6 Å². The Morgan fingerprint density at radius 1 is 1.06 bits per heavy atom. The molecule has 2 atom stereocenters. The number of fused-ring (bicyclic) bond motifs is 3. The lowest BCUT2D eigenvalue weighted by atomic mass is 9.98. The minimum Gasteiger partial charge on any atom is -0.449 e. The van der Waals surface area contributed by atoms with E-state index in [0.717, 1.165) is 11.1 Å². The molecule has 1 saturated heterocycles. The summed E-state index contributed by atoms with van der Waals surface area (Å²) in [5, 5.41) is 13.2. The molecule has 1 aliphatic heterocycles. The molecule has 0 aromatic heterocycles. The van der Waals surface area contributed by atoms with E-state index in [4.69, 9.17) is 9.47 Å². The number of hydrogen-bond acceptors (Lipinski definition) is 5. The smallest absolute Gasteiger partial charge is 0.410 e. The number of aliphatic hydroxyl groups is 1. The third kappa shape index (κ3) is 4.72. The van der Waals surface area contributed by atoms with Crippen molar-refractivity contribution in [3.05, 3.63) is 59.7 Å². The Balaban J connectivity index is 1.32. The fourth-order valence-corrected chi connectivity index (χ4v) is 4.38. The van der Waals surface area contributed by atoms with Crippen molar-refractivity contribution in [1.82, 2.24) is 10.2 Å². The SMILES string of the molecule is CC(C)(C)OC(=O)N1CC[C@H](NC(=O)OCC2c3ccccc3-c3ccccc32)[C@@H](O)C1. The highest BCUT2D eigenvalue weighted by molar-refractivity contribution is 5.79. The van der Waals surface area contributed by atoms with Gasteiger partial charge in [0.05, 0.1) is 18.7 Å². The van der Waals surface area contributed by atoms with E-state index in [2.05, 4.69) is 29.6 Å². The van der Waals surface area contributed by atoms with Crippen LogP contribution in [0, 0.1) is 0 Å². The Bertz CT molecular complexity index is 954. The van der Waals surface area contributed by atoms with Crippen molar-refractivity contribution in [2.45, 2.75) is 50.9 Å². The highest BCUT2D eigenvalue weighted by atomic mass is 16.6. The van der Waals surface area contributed by atoms with E-state index in [0.29, 0.717) is 13.0 Å². The van der Waals surface area contributed by atoms with Crippen LogP contribution in [0.2, 0.25) is 0 Å². The van der Waals surface area contributed by atoms with Crippen molar-refractivity contribution in [1.29, 1.82) is 0 Å². The molecule has 0 bridgehead atoms. The van der Waals surface area contributed by atoms with Crippen LogP contribution in [-0.2, 0) is 9.47 Å². The number of piperidine rings is 1. The predicted molar refractivity (Wildman–Crippen MR) is 120 cm³/mol. The fourth-order valence-electron chi connectivity index (χ4n) is 4.38. The van der Waals surface area contributed by atoms with Gasteiger partial charge in [0.25, 0.3) is 0 Å². The second-order valence-corrected chi connectivity index (χ2v) is 9.36. The van der Waals surface area contributed by atoms with Crippen molar-refractivity contribution in [3.63, 3.8) is 0 Å². The third-order valence-corrected chi connectivity index (χ3v) is 5.88. The molecule has 4 rings (SSSR count). The van der Waals surface area contributed by atoms with Gasteiger partial charge in [0.15, 0.2) is 0 Å². The first-order chi connectivity index (χ1) is 15.2. The van der Waals surface area contributed by atoms with Gasteiger partial charge < -0.3 is 24.8 Å². The maximum atomic E-state index is 12.5. The molecule has 2 aliphatic rings. The average Bonchev–Trinajstić information content (AvgIpc) is 3.06. The molecule has 1 fully saturated rings. The largest absolute Gasteiger partial charge is 0.449 e. The van der Waals surface area contributed by atoms with Crippen LogP contribution < -0.4 is 5.32 Å². The standard InChI is InChI=1S/C25H30N2O5/c1-25(2,3)32-24(30)27-13-12-21(22(28)14-27)26-23(29)31-15-20-18-10-6-4-8-16(18)17-9-5-7-11-19(17)20/h4-11,20-22,28H,12-15H2,1-3H3,(H,26,29)/t21-,22-/m0/s1. The van der Waals surface area contributed by atoms with Gasteiger partial charge >= 0.3 is 12.2 Å². The summed E-state index contributed by atoms with van der Waals surface area (Å²) >= 11 is 0. The molecule has 7 heteroatoms. The molecule has 1 aliphatic carbocycles. The van der Waals surface area contributed by atoms with Crippen molar-refractivity contribution in [2.75, 3.05) is 19.7 Å². The molecular weight excluding hydrogens is 408 g/mol. The second kappa shape index (κ2) is 8.82. The number of amides is 2. The van der Waals surface area contributed by atoms with Gasteiger partial charge in [-0.15, -0.1) is 0 Å². The number of aliphatic hydroxyl groups excluding tert-OH is 1. The number of carbonyl (C=O) groups is 2. The number of rotatable bonds is 3. The Labute approximate surface area is 188 Å². The Morgan fingerprint density at radius 3 is 2.22 bits per heavy atom. The van der Waals surface area contributed by atoms with Crippen LogP contribution in [0.5, 0.6) is 0 Å². The Morgan fingerprint density at radius 2 is 1.66 bits per heavy atom. The number of nitrogens with zero attached hydrogens (tertiary/aromatic N) is 1. The van der Waals surface area contributed by atoms with Gasteiger partial charge in [-0.3, -0.25) is 0 Å². The first-order valence-corrected chi connectivity index (χ1v) is 11.0. The van der Waals surface area contributed by atoms with Crippen LogP contribution in [0.3, 0.4) is 0 Å². The van der Waals surface area contributed by atoms with E-state index in [9.17, 15) is 14.7 Å². The lowest BCUT2D eigenvalue weighted by molar-refractivity contribution is -0.00466. The minimum absolute atomic E-state index is 0.0212. The molecule has 0 unspecified atom stereocenters. The molecule has 2 aromatic rings. The molecule has 2 amide bonds. The number of hydrogen-bond donors (Lipinski definition) is 2. The van der Waals surface area contributed by atoms with Crippen LogP contribution >= 0.6 is 0 Å². The highest BCUT2D eigenvalue weighted by Gasteiger charge is 2.34. The van der Waals surface area contributed by atoms with Gasteiger partial charge in [-0.05, 0) is 49.4 Å². The summed E-state index contributed by atoms with van der Waals surface area (Å²) in [5.41, 5.74) is 4.03. The monoisotopic (exact) mass is 438 g/mol. The van der Waals surface area contributed by atoms with Crippen molar-refractivity contribution in [2.24, 2.45) is 0 Å². The zero-order valence-corrected chi connectivity index (χ0v) is 18.7. The number of β-amino-alcohol motifs (C(OH)–C–C–N with tert-alkyl or cyclic N) is 1. The number of nitrogens with one attached hydrogen (secondary N) is 1. The summed E-state index contributed by atoms with van der Waals surface area (Å²) in [5.74, 6) is -0.0212. The van der Waals surface area contributed by atoms with E-state index >= 15 is 0 Å². The fraction of sp³-hybridized carbons (Fsp3) is 0.440. The van der Waals surface area contributed by atoms with Crippen LogP contribution in [0.4, 0.5) is 9.59 Å². The van der Waals surface area contributed by atoms with Gasteiger partial charge in [0, 0.05) is 12.5 Å². The maximum absolute atomic E-state index is 12.5. The zero-order valence-electron chi connectivity index (χ0n) is 18.7. The molecule has 170 valence electrons. The average molecular weight is 439 g/mol. The quantitative estimate of drug-likeness (QED) is 0.759. The molecule has 2 aromatic carbocycles. The summed E-state index contributed by atoms with van der Waals surface area (Å²) in [6.45, 7) is 6.10. The molecule has 2 N–H and O–H groups in total. The van der Waals surface area contributed by atoms with E-state index in [1.54, 1.807) is 20.8 Å². The zero-order chi connectivity index (χ0) is 22.9. The number of carbonyl (C=O) groups excluding carboxylic acids is 2. The lowest BCUT2D eigenvalue weighted by Crippen LogP contribution is -2.56. The summed E-state index contributed by atoms with van der Waals surface area (Å²) in [4.78, 5) is 26.2. The molecular formula is C25H30N2O5. The molecule has 7 nitrogen and oxygen atoms in total. The van der Waals surface area contributed by atoms with Crippen molar-refractivity contribution >= 4 is 12.2 Å². The van der Waals surface area contributed by atoms with Gasteiger partial charge in [-0.25, -0.2) is 9.59 Å². The van der Waals surface area contributed by atoms with E-state index in [1.807, 2.05) is 24.3 Å². The van der Waals surface area contributed by atoms with Gasteiger partial charge in [0.1, 0.15) is 12.2 Å². The Kier molecular flexibility index (Phi) is 6.11. The molecule has 0 spiro atoms. The van der Waals surface area contributed by atoms with Crippen LogP contribution in [0.1, 0.15) is 44.2 Å². The predicted octanol–water partition coefficient (Wildman–Crippen LogP) is 3.90.